The first-order valence-electron chi connectivity index (χ1n) is 5.29. The second kappa shape index (κ2) is 4.52. The summed E-state index contributed by atoms with van der Waals surface area (Å²) in [5, 5.41) is 1.01. The molecule has 0 saturated carbocycles. The Balaban J connectivity index is 1.98. The first kappa shape index (κ1) is 11.4. The summed E-state index contributed by atoms with van der Waals surface area (Å²) in [5.74, 6) is 1.49. The van der Waals surface area contributed by atoms with Crippen LogP contribution in [0.5, 0.6) is 0 Å². The van der Waals surface area contributed by atoms with Crippen LogP contribution in [0.2, 0.25) is 10.0 Å². The maximum Gasteiger partial charge on any atom is 0.131 e. The highest BCUT2D eigenvalue weighted by Gasteiger charge is 2.05. The molecule has 5 heteroatoms. The van der Waals surface area contributed by atoms with E-state index in [4.69, 9.17) is 27.6 Å². The summed E-state index contributed by atoms with van der Waals surface area (Å²) in [6.07, 6.45) is 5.29. The van der Waals surface area contributed by atoms with Crippen molar-refractivity contribution >= 4 is 46.4 Å². The molecule has 2 aromatic heterocycles. The van der Waals surface area contributed by atoms with Crippen LogP contribution in [0.3, 0.4) is 0 Å². The molecule has 18 heavy (non-hydrogen) atoms. The number of nitrogens with one attached hydrogen (secondary N) is 1. The lowest BCUT2D eigenvalue weighted by molar-refractivity contribution is 0.557. The number of furan rings is 1. The summed E-state index contributed by atoms with van der Waals surface area (Å²) in [5.41, 5.74) is 1.63. The second-order valence-electron chi connectivity index (χ2n) is 3.75. The number of imidazole rings is 1. The van der Waals surface area contributed by atoms with Crippen molar-refractivity contribution in [3.05, 3.63) is 52.2 Å². The molecule has 0 amide bonds. The fourth-order valence-corrected chi connectivity index (χ4v) is 1.97. The van der Waals surface area contributed by atoms with E-state index in [1.807, 2.05) is 24.3 Å². The number of H-pyrrole nitrogens is 1. The number of nitrogens with zero attached hydrogens (tertiary/aromatic N) is 1. The van der Waals surface area contributed by atoms with Crippen LogP contribution in [-0.2, 0) is 0 Å². The Labute approximate surface area is 113 Å². The number of halogens is 2. The average Bonchev–Trinajstić information content (AvgIpc) is 2.96. The first-order valence-corrected chi connectivity index (χ1v) is 6.04. The van der Waals surface area contributed by atoms with Crippen molar-refractivity contribution in [1.82, 2.24) is 9.97 Å². The normalized spacial score (nSPS) is 11.7. The molecule has 3 nitrogen and oxygen atoms in total. The Bertz CT molecular complexity index is 675. The molecular weight excluding hydrogens is 271 g/mol. The monoisotopic (exact) mass is 278 g/mol. The molecule has 1 N–H and O–H groups in total. The first-order chi connectivity index (χ1) is 8.72. The highest BCUT2D eigenvalue weighted by molar-refractivity contribution is 6.42. The van der Waals surface area contributed by atoms with Gasteiger partial charge < -0.3 is 9.40 Å². The van der Waals surface area contributed by atoms with E-state index in [9.17, 15) is 0 Å². The van der Waals surface area contributed by atoms with Gasteiger partial charge >= 0.3 is 0 Å². The zero-order valence-electron chi connectivity index (χ0n) is 9.15. The number of hydrogen-bond donors (Lipinski definition) is 1. The van der Waals surface area contributed by atoms with Gasteiger partial charge in [0.15, 0.2) is 0 Å². The standard InChI is InChI=1S/C13H8Cl2N2O/c14-9-6-11-12(7-10(9)15)17-13(16-11)4-3-8-2-1-5-18-8/h1-7H,(H,16,17)/b4-3+. The molecule has 0 fully saturated rings. The van der Waals surface area contributed by atoms with Gasteiger partial charge in [-0.05, 0) is 36.4 Å². The molecule has 0 unspecified atom stereocenters. The van der Waals surface area contributed by atoms with E-state index in [0.717, 1.165) is 22.6 Å². The molecule has 2 heterocycles. The summed E-state index contributed by atoms with van der Waals surface area (Å²) in [7, 11) is 0. The molecule has 3 aromatic rings. The van der Waals surface area contributed by atoms with Gasteiger partial charge in [0.1, 0.15) is 11.6 Å². The van der Waals surface area contributed by atoms with E-state index in [0.29, 0.717) is 10.0 Å². The van der Waals surface area contributed by atoms with Crippen LogP contribution in [-0.4, -0.2) is 9.97 Å². The molecule has 0 bridgehead atoms. The summed E-state index contributed by atoms with van der Waals surface area (Å²) < 4.78 is 5.20. The number of rotatable bonds is 2. The molecule has 0 aliphatic carbocycles. The lowest BCUT2D eigenvalue weighted by Crippen LogP contribution is -1.72. The number of aromatic amines is 1. The van der Waals surface area contributed by atoms with Crippen LogP contribution < -0.4 is 0 Å². The third-order valence-electron chi connectivity index (χ3n) is 2.49. The van der Waals surface area contributed by atoms with E-state index >= 15 is 0 Å². The number of aromatic nitrogens is 2. The van der Waals surface area contributed by atoms with Crippen molar-refractivity contribution < 1.29 is 4.42 Å². The Morgan fingerprint density at radius 2 is 2.00 bits per heavy atom. The quantitative estimate of drug-likeness (QED) is 0.742. The molecule has 1 aromatic carbocycles. The minimum absolute atomic E-state index is 0.497. The Hall–Kier alpha value is -1.71. The maximum absolute atomic E-state index is 5.94. The van der Waals surface area contributed by atoms with Crippen LogP contribution in [0, 0.1) is 0 Å². The van der Waals surface area contributed by atoms with Crippen LogP contribution in [0.25, 0.3) is 23.2 Å². The minimum Gasteiger partial charge on any atom is -0.465 e. The molecule has 0 atom stereocenters. The van der Waals surface area contributed by atoms with Gasteiger partial charge in [0.05, 0.1) is 27.3 Å². The number of fused-ring (bicyclic) bond motifs is 1. The minimum atomic E-state index is 0.497. The fraction of sp³-hybridized carbons (Fsp3) is 0. The molecule has 3 rings (SSSR count). The van der Waals surface area contributed by atoms with E-state index < -0.39 is 0 Å². The highest BCUT2D eigenvalue weighted by Crippen LogP contribution is 2.26. The van der Waals surface area contributed by atoms with Crippen LogP contribution >= 0.6 is 23.2 Å². The zero-order chi connectivity index (χ0) is 12.5. The maximum atomic E-state index is 5.94. The SMILES string of the molecule is Clc1cc2nc(/C=C/c3ccco3)[nH]c2cc1Cl. The van der Waals surface area contributed by atoms with Crippen LogP contribution in [0.4, 0.5) is 0 Å². The summed E-state index contributed by atoms with van der Waals surface area (Å²) in [4.78, 5) is 7.53. The van der Waals surface area contributed by atoms with Crippen molar-refractivity contribution in [2.75, 3.05) is 0 Å². The number of benzene rings is 1. The van der Waals surface area contributed by atoms with Crippen molar-refractivity contribution in [1.29, 1.82) is 0 Å². The largest absolute Gasteiger partial charge is 0.465 e. The topological polar surface area (TPSA) is 41.8 Å². The zero-order valence-corrected chi connectivity index (χ0v) is 10.7. The lowest BCUT2D eigenvalue weighted by Gasteiger charge is -1.93. The highest BCUT2D eigenvalue weighted by atomic mass is 35.5. The Morgan fingerprint density at radius 3 is 2.78 bits per heavy atom. The van der Waals surface area contributed by atoms with E-state index in [2.05, 4.69) is 9.97 Å². The van der Waals surface area contributed by atoms with Crippen molar-refractivity contribution in [2.45, 2.75) is 0 Å². The Morgan fingerprint density at radius 1 is 1.17 bits per heavy atom. The van der Waals surface area contributed by atoms with Gasteiger partial charge in [-0.15, -0.1) is 0 Å². The van der Waals surface area contributed by atoms with Gasteiger partial charge in [-0.25, -0.2) is 4.98 Å². The fourth-order valence-electron chi connectivity index (χ4n) is 1.65. The van der Waals surface area contributed by atoms with Crippen molar-refractivity contribution in [3.63, 3.8) is 0 Å². The van der Waals surface area contributed by atoms with Gasteiger partial charge in [-0.1, -0.05) is 23.2 Å². The van der Waals surface area contributed by atoms with Crippen LogP contribution in [0.15, 0.2) is 34.9 Å². The predicted octanol–water partition coefficient (Wildman–Crippen LogP) is 4.63. The molecule has 0 saturated heterocycles. The van der Waals surface area contributed by atoms with Gasteiger partial charge in [0, 0.05) is 0 Å². The average molecular weight is 279 g/mol. The molecule has 0 aliphatic heterocycles. The van der Waals surface area contributed by atoms with Crippen molar-refractivity contribution in [2.24, 2.45) is 0 Å². The molecule has 0 radical (unpaired) electrons. The van der Waals surface area contributed by atoms with E-state index in [1.54, 1.807) is 18.4 Å². The third kappa shape index (κ3) is 2.15. The smallest absolute Gasteiger partial charge is 0.131 e. The van der Waals surface area contributed by atoms with Crippen LogP contribution in [0.1, 0.15) is 11.6 Å². The lowest BCUT2D eigenvalue weighted by atomic mass is 10.3. The van der Waals surface area contributed by atoms with Gasteiger partial charge in [0.25, 0.3) is 0 Å². The molecule has 0 aliphatic rings. The summed E-state index contributed by atoms with van der Waals surface area (Å²) >= 11 is 11.9. The van der Waals surface area contributed by atoms with E-state index in [1.165, 1.54) is 0 Å². The molecule has 0 spiro atoms. The summed E-state index contributed by atoms with van der Waals surface area (Å²) in [6, 6.07) is 7.20. The molecule has 90 valence electrons. The number of hydrogen-bond acceptors (Lipinski definition) is 2. The predicted molar refractivity (Wildman–Crippen MR) is 73.7 cm³/mol. The Kier molecular flexibility index (Phi) is 2.86. The van der Waals surface area contributed by atoms with Crippen molar-refractivity contribution in [3.8, 4) is 0 Å². The summed E-state index contributed by atoms with van der Waals surface area (Å²) in [6.45, 7) is 0. The van der Waals surface area contributed by atoms with Gasteiger partial charge in [0.2, 0.25) is 0 Å². The van der Waals surface area contributed by atoms with E-state index in [-0.39, 0.29) is 0 Å². The molecular formula is C13H8Cl2N2O. The van der Waals surface area contributed by atoms with Gasteiger partial charge in [-0.3, -0.25) is 0 Å². The third-order valence-corrected chi connectivity index (χ3v) is 3.21. The second-order valence-corrected chi connectivity index (χ2v) is 4.57. The van der Waals surface area contributed by atoms with Gasteiger partial charge in [-0.2, -0.15) is 0 Å².